The van der Waals surface area contributed by atoms with Gasteiger partial charge in [0.15, 0.2) is 0 Å². The molecule has 1 unspecified atom stereocenters. The third kappa shape index (κ3) is 3.88. The summed E-state index contributed by atoms with van der Waals surface area (Å²) < 4.78 is 0. The minimum absolute atomic E-state index is 0.110. The smallest absolute Gasteiger partial charge is 0.271 e. The third-order valence-corrected chi connectivity index (χ3v) is 5.39. The molecule has 1 saturated carbocycles. The summed E-state index contributed by atoms with van der Waals surface area (Å²) in [6.07, 6.45) is 4.80. The van der Waals surface area contributed by atoms with E-state index in [1.165, 1.54) is 31.2 Å². The van der Waals surface area contributed by atoms with Gasteiger partial charge >= 0.3 is 0 Å². The predicted octanol–water partition coefficient (Wildman–Crippen LogP) is 3.51. The van der Waals surface area contributed by atoms with E-state index in [0.717, 1.165) is 23.8 Å². The Morgan fingerprint density at radius 3 is 2.68 bits per heavy atom. The minimum atomic E-state index is -0.110. The van der Waals surface area contributed by atoms with Crippen LogP contribution in [0.1, 0.15) is 59.4 Å². The third-order valence-electron chi connectivity index (χ3n) is 5.14. The fourth-order valence-electron chi connectivity index (χ4n) is 3.53. The molecule has 1 aromatic carbocycles. The predicted molar refractivity (Wildman–Crippen MR) is 97.9 cm³/mol. The molecule has 132 valence electrons. The van der Waals surface area contributed by atoms with Gasteiger partial charge in [-0.15, -0.1) is 0 Å². The second-order valence-electron chi connectivity index (χ2n) is 7.00. The van der Waals surface area contributed by atoms with Crippen molar-refractivity contribution in [2.45, 2.75) is 37.6 Å². The Balaban J connectivity index is 1.44. The van der Waals surface area contributed by atoms with E-state index in [9.17, 15) is 4.79 Å². The van der Waals surface area contributed by atoms with Crippen LogP contribution in [0, 0.1) is 0 Å². The van der Waals surface area contributed by atoms with Gasteiger partial charge in [0, 0.05) is 23.2 Å². The molecule has 1 aromatic heterocycles. The molecule has 1 saturated heterocycles. The zero-order valence-corrected chi connectivity index (χ0v) is 14.9. The summed E-state index contributed by atoms with van der Waals surface area (Å²) in [4.78, 5) is 14.9. The number of hydrogen-bond acceptors (Lipinski definition) is 3. The first-order chi connectivity index (χ1) is 12.2. The number of nitrogens with zero attached hydrogens (tertiary/aromatic N) is 2. The lowest BCUT2D eigenvalue weighted by atomic mass is 10.1. The normalized spacial score (nSPS) is 19.1. The van der Waals surface area contributed by atoms with Crippen LogP contribution in [0.25, 0.3) is 0 Å². The van der Waals surface area contributed by atoms with Gasteiger partial charge in [-0.25, -0.2) is 0 Å². The highest BCUT2D eigenvalue weighted by Gasteiger charge is 2.27. The summed E-state index contributed by atoms with van der Waals surface area (Å²) in [6.45, 7) is 2.71. The first-order valence-electron chi connectivity index (χ1n) is 9.04. The zero-order valence-electron chi connectivity index (χ0n) is 14.2. The van der Waals surface area contributed by atoms with Gasteiger partial charge in [-0.1, -0.05) is 23.7 Å². The number of carbonyl (C=O) groups excluding carboxylic acids is 1. The quantitative estimate of drug-likeness (QED) is 0.830. The first kappa shape index (κ1) is 16.6. The van der Waals surface area contributed by atoms with Crippen LogP contribution in [-0.2, 0) is 0 Å². The fourth-order valence-corrected chi connectivity index (χ4v) is 3.66. The SMILES string of the molecule is O=C(NCC(c1ccc(Cl)cc1)N1CCCC1)c1cc(C2CC2)[nH]n1. The van der Waals surface area contributed by atoms with Crippen molar-refractivity contribution in [2.24, 2.45) is 0 Å². The summed E-state index contributed by atoms with van der Waals surface area (Å²) in [7, 11) is 0. The summed E-state index contributed by atoms with van der Waals surface area (Å²) >= 11 is 6.02. The lowest BCUT2D eigenvalue weighted by Crippen LogP contribution is -2.36. The van der Waals surface area contributed by atoms with Crippen molar-refractivity contribution in [1.29, 1.82) is 0 Å². The Bertz CT molecular complexity index is 732. The van der Waals surface area contributed by atoms with Crippen molar-refractivity contribution in [2.75, 3.05) is 19.6 Å². The monoisotopic (exact) mass is 358 g/mol. The Labute approximate surface area is 152 Å². The number of hydrogen-bond donors (Lipinski definition) is 2. The Morgan fingerprint density at radius 2 is 2.00 bits per heavy atom. The molecular weight excluding hydrogens is 336 g/mol. The fraction of sp³-hybridized carbons (Fsp3) is 0.474. The molecule has 2 heterocycles. The number of amides is 1. The average Bonchev–Trinajstić information content (AvgIpc) is 3.12. The van der Waals surface area contributed by atoms with Gasteiger partial charge in [-0.3, -0.25) is 14.8 Å². The van der Waals surface area contributed by atoms with Gasteiger partial charge in [-0.2, -0.15) is 5.10 Å². The molecule has 2 N–H and O–H groups in total. The largest absolute Gasteiger partial charge is 0.349 e. The minimum Gasteiger partial charge on any atom is -0.349 e. The first-order valence-corrected chi connectivity index (χ1v) is 9.41. The lowest BCUT2D eigenvalue weighted by molar-refractivity contribution is 0.0933. The van der Waals surface area contributed by atoms with Gasteiger partial charge < -0.3 is 5.32 Å². The van der Waals surface area contributed by atoms with E-state index < -0.39 is 0 Å². The summed E-state index contributed by atoms with van der Waals surface area (Å²) in [5, 5.41) is 11.0. The van der Waals surface area contributed by atoms with E-state index in [1.807, 2.05) is 18.2 Å². The van der Waals surface area contributed by atoms with Gasteiger partial charge in [0.05, 0.1) is 6.04 Å². The molecule has 25 heavy (non-hydrogen) atoms. The van der Waals surface area contributed by atoms with Crippen LogP contribution in [0.5, 0.6) is 0 Å². The van der Waals surface area contributed by atoms with E-state index in [0.29, 0.717) is 18.2 Å². The highest BCUT2D eigenvalue weighted by atomic mass is 35.5. The maximum absolute atomic E-state index is 12.5. The number of aromatic amines is 1. The second kappa shape index (κ2) is 7.18. The Kier molecular flexibility index (Phi) is 4.77. The van der Waals surface area contributed by atoms with E-state index in [4.69, 9.17) is 11.6 Å². The molecule has 0 spiro atoms. The molecule has 6 heteroatoms. The molecule has 4 rings (SSSR count). The van der Waals surface area contributed by atoms with Crippen LogP contribution in [0.2, 0.25) is 5.02 Å². The summed E-state index contributed by atoms with van der Waals surface area (Å²) in [6, 6.07) is 9.99. The molecular formula is C19H23ClN4O. The molecule has 1 aliphatic heterocycles. The van der Waals surface area contributed by atoms with Crippen LogP contribution in [0.3, 0.4) is 0 Å². The standard InChI is InChI=1S/C19H23ClN4O/c20-15-7-5-14(6-8-15)18(24-9-1-2-10-24)12-21-19(25)17-11-16(22-23-17)13-3-4-13/h5-8,11,13,18H,1-4,9-10,12H2,(H,21,25)(H,22,23). The summed E-state index contributed by atoms with van der Waals surface area (Å²) in [5.74, 6) is 0.460. The molecule has 1 amide bonds. The Morgan fingerprint density at radius 1 is 1.28 bits per heavy atom. The van der Waals surface area contributed by atoms with Crippen molar-refractivity contribution in [1.82, 2.24) is 20.4 Å². The summed E-state index contributed by atoms with van der Waals surface area (Å²) in [5.41, 5.74) is 2.75. The molecule has 1 aliphatic carbocycles. The Hall–Kier alpha value is -1.85. The van der Waals surface area contributed by atoms with Crippen molar-refractivity contribution in [3.63, 3.8) is 0 Å². The van der Waals surface area contributed by atoms with Crippen molar-refractivity contribution >= 4 is 17.5 Å². The molecule has 0 radical (unpaired) electrons. The lowest BCUT2D eigenvalue weighted by Gasteiger charge is -2.28. The zero-order chi connectivity index (χ0) is 17.2. The number of carbonyl (C=O) groups is 1. The molecule has 0 bridgehead atoms. The number of rotatable bonds is 6. The van der Waals surface area contributed by atoms with Crippen LogP contribution >= 0.6 is 11.6 Å². The van der Waals surface area contributed by atoms with E-state index in [-0.39, 0.29) is 11.9 Å². The second-order valence-corrected chi connectivity index (χ2v) is 7.44. The van der Waals surface area contributed by atoms with E-state index in [2.05, 4.69) is 32.5 Å². The van der Waals surface area contributed by atoms with Crippen LogP contribution < -0.4 is 5.32 Å². The maximum Gasteiger partial charge on any atom is 0.271 e. The molecule has 5 nitrogen and oxygen atoms in total. The number of likely N-dealkylation sites (tertiary alicyclic amines) is 1. The van der Waals surface area contributed by atoms with Crippen LogP contribution in [0.4, 0.5) is 0 Å². The molecule has 2 fully saturated rings. The topological polar surface area (TPSA) is 61.0 Å². The van der Waals surface area contributed by atoms with Crippen molar-refractivity contribution in [3.05, 3.63) is 52.3 Å². The van der Waals surface area contributed by atoms with Crippen molar-refractivity contribution < 1.29 is 4.79 Å². The van der Waals surface area contributed by atoms with Crippen LogP contribution in [-0.4, -0.2) is 40.6 Å². The molecule has 1 atom stereocenters. The van der Waals surface area contributed by atoms with Gasteiger partial charge in [-0.05, 0) is 62.5 Å². The number of nitrogens with one attached hydrogen (secondary N) is 2. The number of benzene rings is 1. The number of H-pyrrole nitrogens is 1. The average molecular weight is 359 g/mol. The number of aromatic nitrogens is 2. The number of halogens is 1. The maximum atomic E-state index is 12.5. The van der Waals surface area contributed by atoms with Gasteiger partial charge in [0.2, 0.25) is 0 Å². The van der Waals surface area contributed by atoms with E-state index in [1.54, 1.807) is 0 Å². The van der Waals surface area contributed by atoms with Crippen LogP contribution in [0.15, 0.2) is 30.3 Å². The highest BCUT2D eigenvalue weighted by Crippen LogP contribution is 2.39. The van der Waals surface area contributed by atoms with Gasteiger partial charge in [0.1, 0.15) is 5.69 Å². The molecule has 2 aromatic rings. The van der Waals surface area contributed by atoms with Gasteiger partial charge in [0.25, 0.3) is 5.91 Å². The van der Waals surface area contributed by atoms with Crippen molar-refractivity contribution in [3.8, 4) is 0 Å². The highest BCUT2D eigenvalue weighted by molar-refractivity contribution is 6.30. The van der Waals surface area contributed by atoms with E-state index >= 15 is 0 Å². The molecule has 2 aliphatic rings.